The number of carbonyl (C=O) groups is 1. The van der Waals surface area contributed by atoms with Gasteiger partial charge in [0.15, 0.2) is 5.79 Å². The van der Waals surface area contributed by atoms with Gasteiger partial charge in [0.25, 0.3) is 0 Å². The second-order valence-corrected chi connectivity index (χ2v) is 12.4. The van der Waals surface area contributed by atoms with Crippen LogP contribution in [0.5, 0.6) is 0 Å². The first-order chi connectivity index (χ1) is 18.5. The van der Waals surface area contributed by atoms with E-state index in [2.05, 4.69) is 45.0 Å². The van der Waals surface area contributed by atoms with Crippen LogP contribution in [-0.4, -0.2) is 64.4 Å². The molecular formula is C31H43NO7. The number of fused-ring (bicyclic) bond motifs is 2. The highest BCUT2D eigenvalue weighted by Crippen LogP contribution is 2.46. The summed E-state index contributed by atoms with van der Waals surface area (Å²) in [6.45, 7) is 10.4. The number of allylic oxidation sites excluding steroid dienone is 4. The van der Waals surface area contributed by atoms with E-state index in [0.717, 1.165) is 19.3 Å². The summed E-state index contributed by atoms with van der Waals surface area (Å²) in [4.78, 5) is 13.9. The normalized spacial score (nSPS) is 47.8. The van der Waals surface area contributed by atoms with Crippen molar-refractivity contribution < 1.29 is 34.1 Å². The monoisotopic (exact) mass is 541 g/mol. The Morgan fingerprint density at radius 3 is 2.67 bits per heavy atom. The lowest BCUT2D eigenvalue weighted by Gasteiger charge is -2.49. The van der Waals surface area contributed by atoms with Gasteiger partial charge in [-0.3, -0.25) is 4.79 Å². The van der Waals surface area contributed by atoms with Crippen LogP contribution in [0.15, 0.2) is 52.3 Å². The molecule has 8 nitrogen and oxygen atoms in total. The molecule has 0 radical (unpaired) electrons. The minimum absolute atomic E-state index is 0.0431. The third-order valence-electron chi connectivity index (χ3n) is 9.25. The number of oxime groups is 1. The summed E-state index contributed by atoms with van der Waals surface area (Å²) in [5.74, 6) is -1.62. The Balaban J connectivity index is 1.53. The van der Waals surface area contributed by atoms with Crippen molar-refractivity contribution in [3.63, 3.8) is 0 Å². The molecule has 3 saturated heterocycles. The Labute approximate surface area is 231 Å². The minimum Gasteiger partial charge on any atom is -0.462 e. The van der Waals surface area contributed by atoms with E-state index in [1.54, 1.807) is 13.0 Å². The van der Waals surface area contributed by atoms with Gasteiger partial charge in [-0.15, -0.1) is 0 Å². The second kappa shape index (κ2) is 11.0. The van der Waals surface area contributed by atoms with Crippen molar-refractivity contribution in [1.82, 2.24) is 0 Å². The lowest BCUT2D eigenvalue weighted by Crippen LogP contribution is -2.57. The summed E-state index contributed by atoms with van der Waals surface area (Å²) in [5.41, 5.74) is 0.916. The molecule has 5 rings (SSSR count). The van der Waals surface area contributed by atoms with Crippen molar-refractivity contribution in [2.24, 2.45) is 22.9 Å². The van der Waals surface area contributed by atoms with E-state index in [4.69, 9.17) is 18.9 Å². The maximum absolute atomic E-state index is 13.9. The van der Waals surface area contributed by atoms with Crippen LogP contribution in [0, 0.1) is 17.8 Å². The van der Waals surface area contributed by atoms with Gasteiger partial charge in [0.05, 0.1) is 18.8 Å². The van der Waals surface area contributed by atoms with Crippen molar-refractivity contribution in [3.8, 4) is 0 Å². The number of ether oxygens (including phenoxy) is 4. The number of hydrogen-bond donors (Lipinski definition) is 2. The fourth-order valence-corrected chi connectivity index (χ4v) is 6.85. The van der Waals surface area contributed by atoms with Gasteiger partial charge < -0.3 is 29.3 Å². The molecule has 214 valence electrons. The van der Waals surface area contributed by atoms with Gasteiger partial charge in [-0.1, -0.05) is 55.0 Å². The van der Waals surface area contributed by atoms with Crippen LogP contribution < -0.4 is 0 Å². The summed E-state index contributed by atoms with van der Waals surface area (Å²) in [6.07, 6.45) is 12.6. The average Bonchev–Trinajstić information content (AvgIpc) is 3.21. The van der Waals surface area contributed by atoms with Crippen molar-refractivity contribution in [2.45, 2.75) is 109 Å². The summed E-state index contributed by atoms with van der Waals surface area (Å²) < 4.78 is 25.3. The van der Waals surface area contributed by atoms with Crippen LogP contribution in [-0.2, 0) is 23.7 Å². The first-order valence-electron chi connectivity index (χ1n) is 14.4. The molecule has 9 atom stereocenters. The van der Waals surface area contributed by atoms with E-state index in [-0.39, 0.29) is 30.4 Å². The maximum atomic E-state index is 13.9. The van der Waals surface area contributed by atoms with Gasteiger partial charge in [0.1, 0.15) is 29.4 Å². The highest BCUT2D eigenvalue weighted by atomic mass is 16.7. The molecule has 1 aliphatic carbocycles. The van der Waals surface area contributed by atoms with Crippen LogP contribution in [0.25, 0.3) is 0 Å². The molecule has 2 bridgehead atoms. The number of aliphatic hydroxyl groups is 1. The fourth-order valence-electron chi connectivity index (χ4n) is 6.85. The lowest BCUT2D eigenvalue weighted by atomic mass is 9.71. The molecule has 5 aliphatic rings. The van der Waals surface area contributed by atoms with Crippen molar-refractivity contribution in [3.05, 3.63) is 47.1 Å². The fraction of sp³-hybridized carbons (Fsp3) is 0.677. The molecular weight excluding hydrogens is 498 g/mol. The predicted molar refractivity (Wildman–Crippen MR) is 146 cm³/mol. The molecule has 0 saturated carbocycles. The summed E-state index contributed by atoms with van der Waals surface area (Å²) >= 11 is 0. The van der Waals surface area contributed by atoms with Crippen LogP contribution in [0.3, 0.4) is 0 Å². The van der Waals surface area contributed by atoms with Gasteiger partial charge in [-0.25, -0.2) is 0 Å². The number of carbonyl (C=O) groups excluding carboxylic acids is 1. The molecule has 1 unspecified atom stereocenters. The summed E-state index contributed by atoms with van der Waals surface area (Å²) in [5, 5.41) is 25.2. The molecule has 2 N–H and O–H groups in total. The molecule has 0 amide bonds. The van der Waals surface area contributed by atoms with Gasteiger partial charge in [-0.2, -0.15) is 0 Å². The van der Waals surface area contributed by atoms with E-state index in [1.165, 1.54) is 5.57 Å². The summed E-state index contributed by atoms with van der Waals surface area (Å²) in [7, 11) is 0. The number of hydrogen-bond acceptors (Lipinski definition) is 8. The Bertz CT molecular complexity index is 1120. The van der Waals surface area contributed by atoms with Crippen molar-refractivity contribution in [1.29, 1.82) is 0 Å². The van der Waals surface area contributed by atoms with Crippen LogP contribution in [0.2, 0.25) is 0 Å². The quantitative estimate of drug-likeness (QED) is 0.192. The first-order valence-corrected chi connectivity index (χ1v) is 14.4. The second-order valence-electron chi connectivity index (χ2n) is 12.4. The number of esters is 1. The zero-order chi connectivity index (χ0) is 27.9. The van der Waals surface area contributed by atoms with Crippen LogP contribution >= 0.6 is 0 Å². The molecule has 0 aromatic carbocycles. The third kappa shape index (κ3) is 5.41. The van der Waals surface area contributed by atoms with Crippen molar-refractivity contribution >= 4 is 11.7 Å². The Morgan fingerprint density at radius 1 is 1.13 bits per heavy atom. The smallest absolute Gasteiger partial charge is 0.316 e. The molecule has 4 heterocycles. The third-order valence-corrected chi connectivity index (χ3v) is 9.25. The topological polar surface area (TPSA) is 107 Å². The van der Waals surface area contributed by atoms with E-state index < -0.39 is 35.5 Å². The van der Waals surface area contributed by atoms with E-state index in [0.29, 0.717) is 36.3 Å². The predicted octanol–water partition coefficient (Wildman–Crippen LogP) is 5.00. The molecule has 0 aromatic rings. The number of rotatable bonds is 0. The average molecular weight is 542 g/mol. The molecule has 4 aliphatic heterocycles. The Hall–Kier alpha value is -2.26. The highest BCUT2D eigenvalue weighted by molar-refractivity contribution is 6.06. The highest BCUT2D eigenvalue weighted by Gasteiger charge is 2.59. The van der Waals surface area contributed by atoms with E-state index in [1.807, 2.05) is 12.2 Å². The molecule has 39 heavy (non-hydrogen) atoms. The molecule has 0 aromatic heterocycles. The van der Waals surface area contributed by atoms with Gasteiger partial charge in [0.2, 0.25) is 0 Å². The molecule has 3 fully saturated rings. The molecule has 8 heteroatoms. The Kier molecular flexibility index (Phi) is 7.94. The standard InChI is InChI=1S/C31H43NO7/c1-18-7-6-8-23-17-36-28-27(32-35)21(4)14-26(31(23,28)34)29(33)37-25-15-24(10-9-19(2)13-18)39-30(16-25)12-11-20(3)22(5)38-30/h6-9,14,18,20,22,24-26,28,34-35H,10-13,15-17H2,1-5H3/b7-6+,19-9+,23-8+,32-27-/t18-,20-,22?,24+,25-,26-,28+,30+,31-/m0/s1. The first kappa shape index (κ1) is 28.3. The zero-order valence-electron chi connectivity index (χ0n) is 23.8. The maximum Gasteiger partial charge on any atom is 0.316 e. The molecule has 1 spiro atoms. The van der Waals surface area contributed by atoms with Gasteiger partial charge in [0, 0.05) is 19.3 Å². The van der Waals surface area contributed by atoms with Crippen LogP contribution in [0.1, 0.15) is 73.1 Å². The zero-order valence-corrected chi connectivity index (χ0v) is 23.8. The number of nitrogens with zero attached hydrogens (tertiary/aromatic N) is 1. The Morgan fingerprint density at radius 2 is 1.92 bits per heavy atom. The largest absolute Gasteiger partial charge is 0.462 e. The van der Waals surface area contributed by atoms with Gasteiger partial charge in [-0.05, 0) is 63.0 Å². The summed E-state index contributed by atoms with van der Waals surface area (Å²) in [6, 6.07) is 0. The van der Waals surface area contributed by atoms with Gasteiger partial charge >= 0.3 is 5.97 Å². The SMILES string of the molecule is CC1=C[C@H]2C(=O)O[C@H]3C[C@@H](C/C=C(\C)C[C@@H](C)/C=C/C=C4\CO[C@H](/C1=N\O)[C@]42O)O[C@]1(CC[C@H](C)C(C)O1)C3. The van der Waals surface area contributed by atoms with Crippen molar-refractivity contribution in [2.75, 3.05) is 6.61 Å². The minimum atomic E-state index is -1.72. The van der Waals surface area contributed by atoms with E-state index in [9.17, 15) is 15.1 Å². The van der Waals surface area contributed by atoms with Crippen LogP contribution in [0.4, 0.5) is 0 Å². The van der Waals surface area contributed by atoms with E-state index >= 15 is 0 Å². The lowest BCUT2D eigenvalue weighted by molar-refractivity contribution is -0.332.